The van der Waals surface area contributed by atoms with Gasteiger partial charge in [-0.2, -0.15) is 0 Å². The Bertz CT molecular complexity index is 1430. The van der Waals surface area contributed by atoms with Crippen LogP contribution in [-0.4, -0.2) is 26.7 Å². The number of amides is 1. The number of thiazole rings is 1. The first kappa shape index (κ1) is 22.7. The minimum Gasteiger partial charge on any atom is -0.503 e. The Morgan fingerprint density at radius 1 is 1.00 bits per heavy atom. The highest BCUT2D eigenvalue weighted by Crippen LogP contribution is 2.41. The second-order valence-electron chi connectivity index (χ2n) is 8.26. The van der Waals surface area contributed by atoms with Gasteiger partial charge in [-0.15, -0.1) is 11.3 Å². The van der Waals surface area contributed by atoms with Gasteiger partial charge in [-0.1, -0.05) is 72.8 Å². The highest BCUT2D eigenvalue weighted by atomic mass is 32.1. The summed E-state index contributed by atoms with van der Waals surface area (Å²) in [5, 5.41) is 11.6. The summed E-state index contributed by atoms with van der Waals surface area (Å²) in [5.74, 6) is -2.02. The number of carbonyl (C=O) groups excluding carboxylic acids is 2. The van der Waals surface area contributed by atoms with Crippen LogP contribution in [0.3, 0.4) is 0 Å². The molecule has 0 spiro atoms. The van der Waals surface area contributed by atoms with Crippen LogP contribution in [0.15, 0.2) is 96.3 Å². The van der Waals surface area contributed by atoms with E-state index in [1.54, 1.807) is 19.1 Å². The maximum absolute atomic E-state index is 13.8. The van der Waals surface area contributed by atoms with E-state index in [2.05, 4.69) is 4.98 Å². The summed E-state index contributed by atoms with van der Waals surface area (Å²) in [6, 6.07) is 23.7. The van der Waals surface area contributed by atoms with Gasteiger partial charge in [0, 0.05) is 12.1 Å². The molecule has 0 saturated carbocycles. The number of aliphatic hydroxyl groups excluding tert-OH is 1. The molecular formula is C28H21FN2O3S. The number of hydrogen-bond acceptors (Lipinski definition) is 5. The van der Waals surface area contributed by atoms with Crippen LogP contribution in [-0.2, 0) is 11.3 Å². The van der Waals surface area contributed by atoms with Crippen LogP contribution in [0.25, 0.3) is 10.6 Å². The van der Waals surface area contributed by atoms with Crippen LogP contribution in [0.2, 0.25) is 0 Å². The van der Waals surface area contributed by atoms with Crippen LogP contribution in [0, 0.1) is 12.7 Å². The summed E-state index contributed by atoms with van der Waals surface area (Å²) in [7, 11) is 0. The van der Waals surface area contributed by atoms with Gasteiger partial charge in [0.1, 0.15) is 10.8 Å². The zero-order chi connectivity index (χ0) is 24.5. The molecule has 4 aromatic rings. The zero-order valence-electron chi connectivity index (χ0n) is 18.8. The molecule has 0 radical (unpaired) electrons. The molecule has 7 heteroatoms. The molecule has 1 N–H and O–H groups in total. The van der Waals surface area contributed by atoms with Crippen LogP contribution in [0.1, 0.15) is 32.5 Å². The maximum atomic E-state index is 13.8. The van der Waals surface area contributed by atoms with Crippen LogP contribution in [0.5, 0.6) is 0 Å². The van der Waals surface area contributed by atoms with Crippen molar-refractivity contribution >= 4 is 23.0 Å². The molecule has 2 heterocycles. The maximum Gasteiger partial charge on any atom is 0.290 e. The number of rotatable bonds is 6. The summed E-state index contributed by atoms with van der Waals surface area (Å²) < 4.78 is 13.4. The molecule has 1 aromatic heterocycles. The average Bonchev–Trinajstić information content (AvgIpc) is 3.39. The number of carbonyl (C=O) groups is 2. The number of nitrogens with zero attached hydrogens (tertiary/aromatic N) is 2. The Balaban J connectivity index is 1.56. The third-order valence-corrected chi connectivity index (χ3v) is 7.16. The Morgan fingerprint density at radius 2 is 1.63 bits per heavy atom. The number of aromatic nitrogens is 1. The van der Waals surface area contributed by atoms with Crippen molar-refractivity contribution in [1.29, 1.82) is 0 Å². The van der Waals surface area contributed by atoms with Gasteiger partial charge in [0.2, 0.25) is 5.78 Å². The van der Waals surface area contributed by atoms with E-state index in [0.717, 1.165) is 5.56 Å². The topological polar surface area (TPSA) is 70.5 Å². The van der Waals surface area contributed by atoms with Crippen molar-refractivity contribution in [1.82, 2.24) is 9.88 Å². The number of halogens is 1. The van der Waals surface area contributed by atoms with E-state index in [-0.39, 0.29) is 17.9 Å². The van der Waals surface area contributed by atoms with Gasteiger partial charge in [0.05, 0.1) is 22.2 Å². The summed E-state index contributed by atoms with van der Waals surface area (Å²) in [6.07, 6.45) is 0. The largest absolute Gasteiger partial charge is 0.503 e. The van der Waals surface area contributed by atoms with Crippen LogP contribution >= 0.6 is 11.3 Å². The van der Waals surface area contributed by atoms with Gasteiger partial charge in [-0.05, 0) is 30.2 Å². The summed E-state index contributed by atoms with van der Waals surface area (Å²) in [6.45, 7) is 1.86. The Hall–Kier alpha value is -4.10. The molecule has 5 nitrogen and oxygen atoms in total. The van der Waals surface area contributed by atoms with Gasteiger partial charge >= 0.3 is 0 Å². The number of benzene rings is 3. The lowest BCUT2D eigenvalue weighted by molar-refractivity contribution is -0.130. The number of aliphatic hydroxyl groups is 1. The second kappa shape index (κ2) is 9.27. The summed E-state index contributed by atoms with van der Waals surface area (Å²) in [5.41, 5.74) is 2.83. The Labute approximate surface area is 205 Å². The highest BCUT2D eigenvalue weighted by Gasteiger charge is 2.44. The van der Waals surface area contributed by atoms with Crippen LogP contribution < -0.4 is 0 Å². The van der Waals surface area contributed by atoms with Crippen molar-refractivity contribution in [3.63, 3.8) is 0 Å². The predicted octanol–water partition coefficient (Wildman–Crippen LogP) is 6.04. The highest BCUT2D eigenvalue weighted by molar-refractivity contribution is 7.17. The molecule has 0 saturated heterocycles. The van der Waals surface area contributed by atoms with Gasteiger partial charge in [0.15, 0.2) is 5.76 Å². The molecule has 35 heavy (non-hydrogen) atoms. The monoisotopic (exact) mass is 484 g/mol. The van der Waals surface area contributed by atoms with Gasteiger partial charge < -0.3 is 10.0 Å². The fourth-order valence-electron chi connectivity index (χ4n) is 4.25. The number of Topliss-reactive ketones (excluding diaryl/α,β-unsaturated/α-hetero) is 1. The Kier molecular flexibility index (Phi) is 6.01. The van der Waals surface area contributed by atoms with E-state index in [1.165, 1.54) is 28.4 Å². The predicted molar refractivity (Wildman–Crippen MR) is 132 cm³/mol. The lowest BCUT2D eigenvalue weighted by Crippen LogP contribution is -2.30. The van der Waals surface area contributed by atoms with E-state index in [1.807, 2.05) is 60.7 Å². The smallest absolute Gasteiger partial charge is 0.290 e. The van der Waals surface area contributed by atoms with Crippen molar-refractivity contribution in [3.05, 3.63) is 124 Å². The van der Waals surface area contributed by atoms with E-state index in [9.17, 15) is 19.1 Å². The minimum atomic E-state index is -0.789. The SMILES string of the molecule is Cc1nc(-c2ccccc2)sc1C(=O)C1=C(O)C(=O)N(Cc2ccc(F)cc2)C1c1ccccc1. The van der Waals surface area contributed by atoms with Crippen LogP contribution in [0.4, 0.5) is 4.39 Å². The van der Waals surface area contributed by atoms with E-state index < -0.39 is 23.5 Å². The first-order valence-electron chi connectivity index (χ1n) is 11.0. The van der Waals surface area contributed by atoms with Gasteiger partial charge in [0.25, 0.3) is 5.91 Å². The van der Waals surface area contributed by atoms with E-state index in [4.69, 9.17) is 0 Å². The molecule has 1 aliphatic rings. The van der Waals surface area contributed by atoms with Crippen molar-refractivity contribution in [3.8, 4) is 10.6 Å². The quantitative estimate of drug-likeness (QED) is 0.339. The summed E-state index contributed by atoms with van der Waals surface area (Å²) >= 11 is 1.24. The molecule has 1 unspecified atom stereocenters. The van der Waals surface area contributed by atoms with Gasteiger partial charge in [-0.25, -0.2) is 9.37 Å². The lowest BCUT2D eigenvalue weighted by atomic mass is 9.95. The van der Waals surface area contributed by atoms with Crippen molar-refractivity contribution in [2.75, 3.05) is 0 Å². The molecule has 174 valence electrons. The summed E-state index contributed by atoms with van der Waals surface area (Å²) in [4.78, 5) is 33.4. The average molecular weight is 485 g/mol. The zero-order valence-corrected chi connectivity index (χ0v) is 19.6. The molecule has 0 fully saturated rings. The molecule has 5 rings (SSSR count). The molecule has 0 bridgehead atoms. The molecule has 1 aliphatic heterocycles. The first-order valence-corrected chi connectivity index (χ1v) is 11.9. The number of ketones is 1. The fraction of sp³-hybridized carbons (Fsp3) is 0.107. The Morgan fingerprint density at radius 3 is 2.29 bits per heavy atom. The second-order valence-corrected chi connectivity index (χ2v) is 9.26. The number of hydrogen-bond donors (Lipinski definition) is 1. The van der Waals surface area contributed by atoms with E-state index >= 15 is 0 Å². The molecule has 1 atom stereocenters. The number of aryl methyl sites for hydroxylation is 1. The molecule has 1 amide bonds. The standard InChI is InChI=1S/C28H21FN2O3S/c1-17-26(35-27(30-17)20-10-6-3-7-11-20)24(32)22-23(19-8-4-2-5-9-19)31(28(34)25(22)33)16-18-12-14-21(29)15-13-18/h2-15,23,33H,16H2,1H3. The molecular weight excluding hydrogens is 463 g/mol. The lowest BCUT2D eigenvalue weighted by Gasteiger charge is -2.27. The fourth-order valence-corrected chi connectivity index (χ4v) is 5.28. The third-order valence-electron chi connectivity index (χ3n) is 5.95. The molecule has 3 aromatic carbocycles. The van der Waals surface area contributed by atoms with Gasteiger partial charge in [-0.3, -0.25) is 9.59 Å². The minimum absolute atomic E-state index is 0.0228. The van der Waals surface area contributed by atoms with Crippen molar-refractivity contribution in [2.45, 2.75) is 19.5 Å². The van der Waals surface area contributed by atoms with Crippen molar-refractivity contribution < 1.29 is 19.1 Å². The normalized spacial score (nSPS) is 15.7. The third kappa shape index (κ3) is 4.26. The first-order chi connectivity index (χ1) is 16.9. The van der Waals surface area contributed by atoms with Crippen molar-refractivity contribution in [2.24, 2.45) is 0 Å². The van der Waals surface area contributed by atoms with E-state index in [0.29, 0.717) is 26.7 Å². The molecule has 0 aliphatic carbocycles.